The normalized spacial score (nSPS) is 24.8. The number of para-hydroxylation sites is 1. The molecular formula is C21H23F3N2O2S. The first-order valence-corrected chi connectivity index (χ1v) is 10.6. The molecule has 1 amide bonds. The number of allylic oxidation sites excluding steroid dienone is 2. The van der Waals surface area contributed by atoms with Gasteiger partial charge in [0.15, 0.2) is 0 Å². The SMILES string of the molecule is O=C(C[C@](O)(c1nc2ccccc2s1)C(F)(F)F)N1CCC[C@]2(CC=CCC2)C1. The van der Waals surface area contributed by atoms with Gasteiger partial charge in [-0.15, -0.1) is 11.3 Å². The van der Waals surface area contributed by atoms with E-state index in [-0.39, 0.29) is 5.41 Å². The summed E-state index contributed by atoms with van der Waals surface area (Å²) in [6.45, 7) is 0.877. The molecule has 2 atom stereocenters. The fraction of sp³-hybridized carbons (Fsp3) is 0.524. The molecule has 1 aromatic heterocycles. The first kappa shape index (κ1) is 20.3. The predicted molar refractivity (Wildman–Crippen MR) is 105 cm³/mol. The Labute approximate surface area is 171 Å². The topological polar surface area (TPSA) is 53.4 Å². The number of piperidine rings is 1. The standard InChI is InChI=1S/C21H23F3N2O2S/c22-21(23,24)20(28,18-25-15-7-2-3-8-16(15)29-18)13-17(27)26-12-6-11-19(14-26)9-4-1-5-10-19/h1-4,7-8,28H,5-6,9-14H2/t19-,20+/m1/s1. The number of halogens is 3. The van der Waals surface area contributed by atoms with Crippen molar-refractivity contribution >= 4 is 27.5 Å². The predicted octanol–water partition coefficient (Wildman–Crippen LogP) is 4.79. The molecule has 8 heteroatoms. The molecule has 1 saturated heterocycles. The smallest absolute Gasteiger partial charge is 0.374 e. The number of benzene rings is 1. The maximum absolute atomic E-state index is 13.9. The molecule has 1 N–H and O–H groups in total. The van der Waals surface area contributed by atoms with E-state index in [9.17, 15) is 23.1 Å². The molecule has 29 heavy (non-hydrogen) atoms. The van der Waals surface area contributed by atoms with Gasteiger partial charge < -0.3 is 10.0 Å². The van der Waals surface area contributed by atoms with Gasteiger partial charge in [-0.2, -0.15) is 13.2 Å². The number of likely N-dealkylation sites (tertiary alicyclic amines) is 1. The highest BCUT2D eigenvalue weighted by Gasteiger charge is 2.59. The quantitative estimate of drug-likeness (QED) is 0.721. The van der Waals surface area contributed by atoms with E-state index in [0.717, 1.165) is 43.4 Å². The maximum atomic E-state index is 13.9. The van der Waals surface area contributed by atoms with E-state index in [1.165, 1.54) is 4.90 Å². The van der Waals surface area contributed by atoms with Gasteiger partial charge in [0, 0.05) is 13.1 Å². The largest absolute Gasteiger partial charge is 0.424 e. The van der Waals surface area contributed by atoms with Crippen molar-refractivity contribution in [3.63, 3.8) is 0 Å². The van der Waals surface area contributed by atoms with Crippen molar-refractivity contribution < 1.29 is 23.1 Å². The maximum Gasteiger partial charge on any atom is 0.424 e. The lowest BCUT2D eigenvalue weighted by molar-refractivity contribution is -0.268. The number of amides is 1. The minimum absolute atomic E-state index is 0.0468. The van der Waals surface area contributed by atoms with Gasteiger partial charge in [0.25, 0.3) is 0 Å². The Kier molecular flexibility index (Phi) is 5.19. The molecule has 4 nitrogen and oxygen atoms in total. The van der Waals surface area contributed by atoms with Crippen molar-refractivity contribution in [3.8, 4) is 0 Å². The highest BCUT2D eigenvalue weighted by molar-refractivity contribution is 7.18. The third-order valence-corrected chi connectivity index (χ3v) is 7.28. The van der Waals surface area contributed by atoms with Crippen LogP contribution in [0.15, 0.2) is 36.4 Å². The molecule has 2 aliphatic rings. The first-order valence-electron chi connectivity index (χ1n) is 9.80. The van der Waals surface area contributed by atoms with Crippen LogP contribution >= 0.6 is 11.3 Å². The molecule has 2 aromatic rings. The summed E-state index contributed by atoms with van der Waals surface area (Å²) in [5, 5.41) is 10.2. The van der Waals surface area contributed by atoms with E-state index in [1.807, 2.05) is 0 Å². The van der Waals surface area contributed by atoms with Gasteiger partial charge in [0.05, 0.1) is 16.6 Å². The van der Waals surface area contributed by atoms with Crippen LogP contribution in [0, 0.1) is 5.41 Å². The Balaban J connectivity index is 1.59. The summed E-state index contributed by atoms with van der Waals surface area (Å²) in [5.74, 6) is -0.669. The molecule has 0 bridgehead atoms. The molecule has 0 unspecified atom stereocenters. The van der Waals surface area contributed by atoms with E-state index in [1.54, 1.807) is 24.3 Å². The van der Waals surface area contributed by atoms with Crippen LogP contribution < -0.4 is 0 Å². The lowest BCUT2D eigenvalue weighted by Gasteiger charge is -2.44. The summed E-state index contributed by atoms with van der Waals surface area (Å²) in [6.07, 6.45) is 2.63. The van der Waals surface area contributed by atoms with E-state index in [0.29, 0.717) is 23.3 Å². The Hall–Kier alpha value is -1.93. The van der Waals surface area contributed by atoms with Crippen LogP contribution in [0.2, 0.25) is 0 Å². The van der Waals surface area contributed by atoms with Crippen molar-refractivity contribution in [1.82, 2.24) is 9.88 Å². The highest BCUT2D eigenvalue weighted by Crippen LogP contribution is 2.46. The highest BCUT2D eigenvalue weighted by atomic mass is 32.1. The minimum Gasteiger partial charge on any atom is -0.374 e. The van der Waals surface area contributed by atoms with E-state index >= 15 is 0 Å². The molecule has 0 radical (unpaired) electrons. The molecule has 0 saturated carbocycles. The summed E-state index contributed by atoms with van der Waals surface area (Å²) in [6, 6.07) is 6.63. The molecule has 1 aliphatic heterocycles. The van der Waals surface area contributed by atoms with Crippen LogP contribution in [0.4, 0.5) is 13.2 Å². The summed E-state index contributed by atoms with van der Waals surface area (Å²) < 4.78 is 42.3. The Morgan fingerprint density at radius 2 is 2.03 bits per heavy atom. The number of thiazole rings is 1. The molecule has 156 valence electrons. The number of hydrogen-bond donors (Lipinski definition) is 1. The second-order valence-electron chi connectivity index (χ2n) is 8.15. The number of carbonyl (C=O) groups is 1. The summed E-state index contributed by atoms with van der Waals surface area (Å²) in [4.78, 5) is 18.4. The Morgan fingerprint density at radius 1 is 1.24 bits per heavy atom. The zero-order chi connectivity index (χ0) is 20.7. The summed E-state index contributed by atoms with van der Waals surface area (Å²) in [7, 11) is 0. The lowest BCUT2D eigenvalue weighted by Crippen LogP contribution is -2.51. The fourth-order valence-electron chi connectivity index (χ4n) is 4.41. The monoisotopic (exact) mass is 424 g/mol. The van der Waals surface area contributed by atoms with Crippen LogP contribution in [0.1, 0.15) is 43.5 Å². The van der Waals surface area contributed by atoms with Crippen molar-refractivity contribution in [2.75, 3.05) is 13.1 Å². The molecule has 4 rings (SSSR count). The Morgan fingerprint density at radius 3 is 2.72 bits per heavy atom. The van der Waals surface area contributed by atoms with Crippen molar-refractivity contribution in [1.29, 1.82) is 0 Å². The second kappa shape index (κ2) is 7.40. The lowest BCUT2D eigenvalue weighted by atomic mass is 9.71. The molecule has 1 fully saturated rings. The summed E-state index contributed by atoms with van der Waals surface area (Å²) >= 11 is 0.780. The number of aromatic nitrogens is 1. The fourth-order valence-corrected chi connectivity index (χ4v) is 5.48. The van der Waals surface area contributed by atoms with Crippen LogP contribution in [-0.2, 0) is 10.4 Å². The average molecular weight is 424 g/mol. The van der Waals surface area contributed by atoms with Crippen LogP contribution in [0.25, 0.3) is 10.2 Å². The van der Waals surface area contributed by atoms with Crippen LogP contribution in [-0.4, -0.2) is 40.2 Å². The number of fused-ring (bicyclic) bond motifs is 1. The van der Waals surface area contributed by atoms with Gasteiger partial charge in [0.1, 0.15) is 5.01 Å². The summed E-state index contributed by atoms with van der Waals surface area (Å²) in [5.41, 5.74) is -2.95. The van der Waals surface area contributed by atoms with Gasteiger partial charge >= 0.3 is 6.18 Å². The molecule has 1 aliphatic carbocycles. The third kappa shape index (κ3) is 3.80. The zero-order valence-electron chi connectivity index (χ0n) is 15.9. The number of hydrogen-bond acceptors (Lipinski definition) is 4. The minimum atomic E-state index is -5.00. The molecular weight excluding hydrogens is 401 g/mol. The zero-order valence-corrected chi connectivity index (χ0v) is 16.7. The molecule has 1 aromatic carbocycles. The van der Waals surface area contributed by atoms with Crippen LogP contribution in [0.5, 0.6) is 0 Å². The second-order valence-corrected chi connectivity index (χ2v) is 9.19. The number of rotatable bonds is 3. The van der Waals surface area contributed by atoms with Gasteiger partial charge in [-0.3, -0.25) is 4.79 Å². The number of aliphatic hydroxyl groups is 1. The van der Waals surface area contributed by atoms with Gasteiger partial charge in [-0.25, -0.2) is 4.98 Å². The average Bonchev–Trinajstić information content (AvgIpc) is 3.12. The van der Waals surface area contributed by atoms with Crippen molar-refractivity contribution in [2.24, 2.45) is 5.41 Å². The van der Waals surface area contributed by atoms with Gasteiger partial charge in [-0.1, -0.05) is 24.3 Å². The van der Waals surface area contributed by atoms with E-state index in [2.05, 4.69) is 17.1 Å². The van der Waals surface area contributed by atoms with Crippen molar-refractivity contribution in [3.05, 3.63) is 41.4 Å². The molecule has 2 heterocycles. The van der Waals surface area contributed by atoms with Crippen LogP contribution in [0.3, 0.4) is 0 Å². The van der Waals surface area contributed by atoms with Gasteiger partial charge in [0.2, 0.25) is 11.5 Å². The number of nitrogens with zero attached hydrogens (tertiary/aromatic N) is 2. The third-order valence-electron chi connectivity index (χ3n) is 6.10. The number of carbonyl (C=O) groups excluding carboxylic acids is 1. The first-order chi connectivity index (χ1) is 13.7. The van der Waals surface area contributed by atoms with Gasteiger partial charge in [-0.05, 0) is 49.7 Å². The number of alkyl halides is 3. The van der Waals surface area contributed by atoms with E-state index < -0.39 is 29.1 Å². The van der Waals surface area contributed by atoms with E-state index in [4.69, 9.17) is 0 Å². The van der Waals surface area contributed by atoms with Crippen molar-refractivity contribution in [2.45, 2.75) is 50.3 Å². The molecule has 1 spiro atoms. The Bertz CT molecular complexity index is 908.